The van der Waals surface area contributed by atoms with E-state index in [1.165, 1.54) is 0 Å². The average Bonchev–Trinajstić information content (AvgIpc) is 2.18. The van der Waals surface area contributed by atoms with Gasteiger partial charge in [-0.1, -0.05) is 27.7 Å². The van der Waals surface area contributed by atoms with E-state index in [1.807, 2.05) is 25.6 Å². The Bertz CT molecular complexity index is 210. The Kier molecular flexibility index (Phi) is 7.04. The zero-order valence-corrected chi connectivity index (χ0v) is 11.4. The monoisotopic (exact) mass is 228 g/mol. The van der Waals surface area contributed by atoms with Gasteiger partial charge in [-0.3, -0.25) is 5.32 Å². The zero-order chi connectivity index (χ0) is 11.9. The Hall–Kier alpha value is -0.200. The maximum absolute atomic E-state index is 9.07. The first-order valence-electron chi connectivity index (χ1n) is 5.73. The van der Waals surface area contributed by atoms with Crippen molar-refractivity contribution < 1.29 is 0 Å². The molecule has 2 unspecified atom stereocenters. The molecular weight excluding hydrogens is 204 g/mol. The van der Waals surface area contributed by atoms with Gasteiger partial charge in [0.15, 0.2) is 0 Å². The summed E-state index contributed by atoms with van der Waals surface area (Å²) in [6.45, 7) is 11.6. The number of rotatable bonds is 7. The molecule has 0 bridgehead atoms. The summed E-state index contributed by atoms with van der Waals surface area (Å²) in [6, 6.07) is 2.36. The lowest BCUT2D eigenvalue weighted by atomic mass is 10.0. The van der Waals surface area contributed by atoms with E-state index >= 15 is 0 Å². The minimum atomic E-state index is -0.349. The molecule has 88 valence electrons. The second-order valence-electron chi connectivity index (χ2n) is 4.54. The van der Waals surface area contributed by atoms with Crippen molar-refractivity contribution in [3.05, 3.63) is 0 Å². The quantitative estimate of drug-likeness (QED) is 0.727. The van der Waals surface area contributed by atoms with Gasteiger partial charge < -0.3 is 0 Å². The fraction of sp³-hybridized carbons (Fsp3) is 0.917. The van der Waals surface area contributed by atoms with Crippen LogP contribution in [-0.2, 0) is 0 Å². The Morgan fingerprint density at radius 1 is 1.40 bits per heavy atom. The van der Waals surface area contributed by atoms with Gasteiger partial charge in [-0.2, -0.15) is 17.0 Å². The van der Waals surface area contributed by atoms with E-state index in [-0.39, 0.29) is 5.54 Å². The van der Waals surface area contributed by atoms with Crippen molar-refractivity contribution in [2.75, 3.05) is 12.3 Å². The van der Waals surface area contributed by atoms with Gasteiger partial charge in [-0.05, 0) is 31.6 Å². The van der Waals surface area contributed by atoms with Crippen LogP contribution in [0.2, 0.25) is 0 Å². The second kappa shape index (κ2) is 7.14. The Labute approximate surface area is 98.8 Å². The van der Waals surface area contributed by atoms with E-state index < -0.39 is 0 Å². The van der Waals surface area contributed by atoms with Crippen molar-refractivity contribution in [1.82, 2.24) is 5.32 Å². The summed E-state index contributed by atoms with van der Waals surface area (Å²) in [5, 5.41) is 13.0. The number of hydrogen-bond donors (Lipinski definition) is 1. The molecule has 3 heteroatoms. The SMILES string of the molecule is CCNC(C)(C#N)CCSC(C)C(C)C. The first kappa shape index (κ1) is 14.8. The summed E-state index contributed by atoms with van der Waals surface area (Å²) in [6.07, 6.45) is 0.916. The molecule has 0 saturated carbocycles. The van der Waals surface area contributed by atoms with Crippen LogP contribution in [0.3, 0.4) is 0 Å². The molecule has 0 fully saturated rings. The minimum absolute atomic E-state index is 0.349. The summed E-state index contributed by atoms with van der Waals surface area (Å²) in [4.78, 5) is 0. The first-order chi connectivity index (χ1) is 6.95. The van der Waals surface area contributed by atoms with Crippen LogP contribution < -0.4 is 5.32 Å². The van der Waals surface area contributed by atoms with Crippen molar-refractivity contribution in [1.29, 1.82) is 5.26 Å². The predicted octanol–water partition coefficient (Wildman–Crippen LogP) is 3.05. The third-order valence-corrected chi connectivity index (χ3v) is 4.25. The normalized spacial score (nSPS) is 17.1. The largest absolute Gasteiger partial charge is 0.300 e. The minimum Gasteiger partial charge on any atom is -0.300 e. The molecule has 0 heterocycles. The highest BCUT2D eigenvalue weighted by Gasteiger charge is 2.22. The fourth-order valence-corrected chi connectivity index (χ4v) is 2.50. The molecule has 0 rings (SSSR count). The molecule has 0 saturated heterocycles. The van der Waals surface area contributed by atoms with Crippen LogP contribution in [-0.4, -0.2) is 23.1 Å². The Balaban J connectivity index is 3.88. The highest BCUT2D eigenvalue weighted by atomic mass is 32.2. The Morgan fingerprint density at radius 3 is 2.40 bits per heavy atom. The lowest BCUT2D eigenvalue weighted by molar-refractivity contribution is 0.449. The van der Waals surface area contributed by atoms with Crippen LogP contribution in [0.1, 0.15) is 41.0 Å². The highest BCUT2D eigenvalue weighted by Crippen LogP contribution is 2.22. The molecular formula is C12H24N2S. The van der Waals surface area contributed by atoms with E-state index in [4.69, 9.17) is 5.26 Å². The molecule has 2 nitrogen and oxygen atoms in total. The van der Waals surface area contributed by atoms with Crippen LogP contribution >= 0.6 is 11.8 Å². The Morgan fingerprint density at radius 2 is 2.00 bits per heavy atom. The average molecular weight is 228 g/mol. The first-order valence-corrected chi connectivity index (χ1v) is 6.78. The predicted molar refractivity (Wildman–Crippen MR) is 69.1 cm³/mol. The number of nitriles is 1. The molecule has 0 aliphatic carbocycles. The van der Waals surface area contributed by atoms with E-state index in [2.05, 4.69) is 32.2 Å². The molecule has 0 spiro atoms. The second-order valence-corrected chi connectivity index (χ2v) is 6.03. The summed E-state index contributed by atoms with van der Waals surface area (Å²) in [5.41, 5.74) is -0.349. The van der Waals surface area contributed by atoms with Crippen LogP contribution in [0.5, 0.6) is 0 Å². The molecule has 0 radical (unpaired) electrons. The van der Waals surface area contributed by atoms with E-state index in [0.717, 1.165) is 18.7 Å². The van der Waals surface area contributed by atoms with E-state index in [9.17, 15) is 0 Å². The summed E-state index contributed by atoms with van der Waals surface area (Å²) in [5.74, 6) is 1.76. The molecule has 0 amide bonds. The molecule has 2 atom stereocenters. The number of nitrogens with zero attached hydrogens (tertiary/aromatic N) is 1. The summed E-state index contributed by atoms with van der Waals surface area (Å²) < 4.78 is 0. The van der Waals surface area contributed by atoms with Gasteiger partial charge >= 0.3 is 0 Å². The fourth-order valence-electron chi connectivity index (χ4n) is 1.22. The highest BCUT2D eigenvalue weighted by molar-refractivity contribution is 7.99. The van der Waals surface area contributed by atoms with Crippen molar-refractivity contribution >= 4 is 11.8 Å². The van der Waals surface area contributed by atoms with Crippen molar-refractivity contribution in [3.63, 3.8) is 0 Å². The van der Waals surface area contributed by atoms with Gasteiger partial charge in [-0.15, -0.1) is 0 Å². The third-order valence-electron chi connectivity index (χ3n) is 2.74. The lowest BCUT2D eigenvalue weighted by Crippen LogP contribution is -2.41. The molecule has 0 aromatic carbocycles. The van der Waals surface area contributed by atoms with Crippen molar-refractivity contribution in [2.24, 2.45) is 5.92 Å². The topological polar surface area (TPSA) is 35.8 Å². The van der Waals surface area contributed by atoms with Gasteiger partial charge in [0, 0.05) is 5.25 Å². The van der Waals surface area contributed by atoms with E-state index in [1.54, 1.807) is 0 Å². The zero-order valence-electron chi connectivity index (χ0n) is 10.6. The van der Waals surface area contributed by atoms with Crippen LogP contribution in [0.4, 0.5) is 0 Å². The summed E-state index contributed by atoms with van der Waals surface area (Å²) in [7, 11) is 0. The van der Waals surface area contributed by atoms with E-state index in [0.29, 0.717) is 11.2 Å². The smallest absolute Gasteiger partial charge is 0.104 e. The molecule has 0 aromatic heterocycles. The maximum Gasteiger partial charge on any atom is 0.104 e. The van der Waals surface area contributed by atoms with Gasteiger partial charge in [0.2, 0.25) is 0 Å². The van der Waals surface area contributed by atoms with Gasteiger partial charge in [-0.25, -0.2) is 0 Å². The standard InChI is InChI=1S/C12H24N2S/c1-6-14-12(5,9-13)7-8-15-11(4)10(2)3/h10-11,14H,6-8H2,1-5H3. The number of thioether (sulfide) groups is 1. The molecule has 1 N–H and O–H groups in total. The number of nitrogens with one attached hydrogen (secondary N) is 1. The summed E-state index contributed by atoms with van der Waals surface area (Å²) >= 11 is 1.96. The molecule has 0 aliphatic heterocycles. The van der Waals surface area contributed by atoms with Gasteiger partial charge in [0.1, 0.15) is 5.54 Å². The molecule has 15 heavy (non-hydrogen) atoms. The van der Waals surface area contributed by atoms with Crippen LogP contribution in [0.15, 0.2) is 0 Å². The lowest BCUT2D eigenvalue weighted by Gasteiger charge is -2.23. The van der Waals surface area contributed by atoms with Crippen molar-refractivity contribution in [3.8, 4) is 6.07 Å². The molecule has 0 aliphatic rings. The van der Waals surface area contributed by atoms with Crippen molar-refractivity contribution in [2.45, 2.75) is 51.8 Å². The van der Waals surface area contributed by atoms with Crippen LogP contribution in [0, 0.1) is 17.2 Å². The molecule has 0 aromatic rings. The number of hydrogen-bond acceptors (Lipinski definition) is 3. The van der Waals surface area contributed by atoms with Crippen LogP contribution in [0.25, 0.3) is 0 Å². The maximum atomic E-state index is 9.07. The van der Waals surface area contributed by atoms with Gasteiger partial charge in [0.25, 0.3) is 0 Å². The third kappa shape index (κ3) is 6.06. The van der Waals surface area contributed by atoms with Gasteiger partial charge in [0.05, 0.1) is 6.07 Å².